The van der Waals surface area contributed by atoms with Gasteiger partial charge >= 0.3 is 0 Å². The number of sulfonamides is 1. The Morgan fingerprint density at radius 2 is 1.85 bits per heavy atom. The van der Waals surface area contributed by atoms with Gasteiger partial charge in [-0.2, -0.15) is 4.31 Å². The van der Waals surface area contributed by atoms with E-state index in [-0.39, 0.29) is 12.3 Å². The molecule has 0 unspecified atom stereocenters. The number of hydrogen-bond donors (Lipinski definition) is 1. The van der Waals surface area contributed by atoms with Crippen molar-refractivity contribution in [3.63, 3.8) is 0 Å². The average Bonchev–Trinajstić information content (AvgIpc) is 3.12. The molecule has 0 spiro atoms. The standard InChI is InChI=1S/C19H23ClN2O3S2/c1-14-8-10-22(11-9-14)27(24,25)19-7-6-17(26-19)13-21-18(23)12-15-2-4-16(20)5-3-15/h2-7,14H,8-13H2,1H3,(H,21,23). The normalized spacial score (nSPS) is 16.4. The molecule has 1 aliphatic heterocycles. The maximum atomic E-state index is 12.8. The van der Waals surface area contributed by atoms with Crippen molar-refractivity contribution in [2.45, 2.75) is 36.9 Å². The van der Waals surface area contributed by atoms with Gasteiger partial charge in [-0.25, -0.2) is 8.42 Å². The van der Waals surface area contributed by atoms with Crippen molar-refractivity contribution in [1.29, 1.82) is 0 Å². The van der Waals surface area contributed by atoms with Crippen LogP contribution in [0.15, 0.2) is 40.6 Å². The highest BCUT2D eigenvalue weighted by Crippen LogP contribution is 2.28. The second kappa shape index (κ2) is 8.73. The zero-order valence-electron chi connectivity index (χ0n) is 15.2. The average molecular weight is 427 g/mol. The number of carbonyl (C=O) groups is 1. The molecule has 27 heavy (non-hydrogen) atoms. The van der Waals surface area contributed by atoms with Crippen molar-refractivity contribution >= 4 is 38.9 Å². The molecule has 5 nitrogen and oxygen atoms in total. The fourth-order valence-corrected chi connectivity index (χ4v) is 6.03. The van der Waals surface area contributed by atoms with Gasteiger partial charge in [-0.1, -0.05) is 30.7 Å². The molecule has 2 heterocycles. The third-order valence-electron chi connectivity index (χ3n) is 4.71. The summed E-state index contributed by atoms with van der Waals surface area (Å²) in [6, 6.07) is 10.5. The highest BCUT2D eigenvalue weighted by Gasteiger charge is 2.29. The molecule has 0 bridgehead atoms. The van der Waals surface area contributed by atoms with Crippen molar-refractivity contribution in [2.75, 3.05) is 13.1 Å². The quantitative estimate of drug-likeness (QED) is 0.766. The van der Waals surface area contributed by atoms with E-state index in [1.807, 2.05) is 12.1 Å². The van der Waals surface area contributed by atoms with Gasteiger partial charge in [0.1, 0.15) is 4.21 Å². The van der Waals surface area contributed by atoms with Gasteiger partial charge in [0, 0.05) is 23.0 Å². The number of nitrogens with one attached hydrogen (secondary N) is 1. The number of amides is 1. The summed E-state index contributed by atoms with van der Waals surface area (Å²) in [7, 11) is -3.43. The van der Waals surface area contributed by atoms with Gasteiger partial charge in [0.05, 0.1) is 13.0 Å². The van der Waals surface area contributed by atoms with Crippen molar-refractivity contribution in [3.8, 4) is 0 Å². The maximum absolute atomic E-state index is 12.8. The van der Waals surface area contributed by atoms with Crippen LogP contribution >= 0.6 is 22.9 Å². The Labute approximate surface area is 169 Å². The van der Waals surface area contributed by atoms with E-state index in [0.717, 1.165) is 23.3 Å². The molecule has 0 aliphatic carbocycles. The maximum Gasteiger partial charge on any atom is 0.252 e. The molecule has 1 aromatic heterocycles. The first-order valence-corrected chi connectivity index (χ1v) is 11.6. The third-order valence-corrected chi connectivity index (χ3v) is 8.41. The van der Waals surface area contributed by atoms with Crippen LogP contribution in [0.5, 0.6) is 0 Å². The van der Waals surface area contributed by atoms with Gasteiger partial charge in [0.25, 0.3) is 10.0 Å². The lowest BCUT2D eigenvalue weighted by Gasteiger charge is -2.28. The Balaban J connectivity index is 1.56. The molecule has 1 aromatic carbocycles. The summed E-state index contributed by atoms with van der Waals surface area (Å²) in [6.45, 7) is 3.63. The van der Waals surface area contributed by atoms with Gasteiger partial charge in [-0.15, -0.1) is 11.3 Å². The zero-order valence-corrected chi connectivity index (χ0v) is 17.5. The summed E-state index contributed by atoms with van der Waals surface area (Å²) in [5.41, 5.74) is 0.880. The summed E-state index contributed by atoms with van der Waals surface area (Å²) in [4.78, 5) is 12.9. The minimum Gasteiger partial charge on any atom is -0.351 e. The monoisotopic (exact) mass is 426 g/mol. The molecule has 1 saturated heterocycles. The van der Waals surface area contributed by atoms with Crippen molar-refractivity contribution < 1.29 is 13.2 Å². The van der Waals surface area contributed by atoms with Gasteiger partial charge in [0.15, 0.2) is 0 Å². The number of halogens is 1. The minimum absolute atomic E-state index is 0.111. The van der Waals surface area contributed by atoms with Gasteiger partial charge < -0.3 is 5.32 Å². The predicted molar refractivity (Wildman–Crippen MR) is 108 cm³/mol. The Hall–Kier alpha value is -1.41. The van der Waals surface area contributed by atoms with Crippen LogP contribution in [0.2, 0.25) is 5.02 Å². The second-order valence-electron chi connectivity index (χ2n) is 6.89. The van der Waals surface area contributed by atoms with E-state index in [4.69, 9.17) is 11.6 Å². The Kier molecular flexibility index (Phi) is 6.57. The van der Waals surface area contributed by atoms with E-state index in [0.29, 0.717) is 34.8 Å². The number of rotatable bonds is 6. The number of benzene rings is 1. The molecular weight excluding hydrogens is 404 g/mol. The summed E-state index contributed by atoms with van der Waals surface area (Å²) >= 11 is 7.06. The van der Waals surface area contributed by atoms with E-state index in [1.165, 1.54) is 11.3 Å². The van der Waals surface area contributed by atoms with Crippen LogP contribution in [0.3, 0.4) is 0 Å². The van der Waals surface area contributed by atoms with E-state index < -0.39 is 10.0 Å². The largest absolute Gasteiger partial charge is 0.351 e. The van der Waals surface area contributed by atoms with E-state index in [9.17, 15) is 13.2 Å². The molecule has 146 valence electrons. The highest BCUT2D eigenvalue weighted by molar-refractivity contribution is 7.91. The topological polar surface area (TPSA) is 66.5 Å². The molecule has 0 atom stereocenters. The van der Waals surface area contributed by atoms with E-state index in [2.05, 4.69) is 12.2 Å². The van der Waals surface area contributed by atoms with Crippen LogP contribution in [0.4, 0.5) is 0 Å². The number of thiophene rings is 1. The van der Waals surface area contributed by atoms with E-state index >= 15 is 0 Å². The third kappa shape index (κ3) is 5.31. The number of carbonyl (C=O) groups excluding carboxylic acids is 1. The molecule has 8 heteroatoms. The number of piperidine rings is 1. The second-order valence-corrected chi connectivity index (χ2v) is 10.7. The molecule has 0 radical (unpaired) electrons. The van der Waals surface area contributed by atoms with Crippen LogP contribution in [0, 0.1) is 5.92 Å². The predicted octanol–water partition coefficient (Wildman–Crippen LogP) is 3.68. The lowest BCUT2D eigenvalue weighted by atomic mass is 10.0. The van der Waals surface area contributed by atoms with Gasteiger partial charge in [-0.3, -0.25) is 4.79 Å². The molecule has 3 rings (SSSR count). The van der Waals surface area contributed by atoms with Crippen LogP contribution < -0.4 is 5.32 Å². The first kappa shape index (κ1) is 20.3. The van der Waals surface area contributed by atoms with Crippen molar-refractivity contribution in [1.82, 2.24) is 9.62 Å². The molecule has 1 N–H and O–H groups in total. The molecular formula is C19H23ClN2O3S2. The molecule has 0 saturated carbocycles. The van der Waals surface area contributed by atoms with Crippen molar-refractivity contribution in [3.05, 3.63) is 51.9 Å². The Bertz CT molecular complexity index is 886. The summed E-state index contributed by atoms with van der Waals surface area (Å²) in [6.07, 6.45) is 2.07. The number of nitrogens with zero attached hydrogens (tertiary/aromatic N) is 1. The van der Waals surface area contributed by atoms with Crippen LogP contribution in [-0.2, 0) is 27.8 Å². The SMILES string of the molecule is CC1CCN(S(=O)(=O)c2ccc(CNC(=O)Cc3ccc(Cl)cc3)s2)CC1. The summed E-state index contributed by atoms with van der Waals surface area (Å²) in [5.74, 6) is 0.464. The molecule has 1 amide bonds. The fraction of sp³-hybridized carbons (Fsp3) is 0.421. The first-order valence-electron chi connectivity index (χ1n) is 8.94. The van der Waals surface area contributed by atoms with Crippen LogP contribution in [0.1, 0.15) is 30.2 Å². The Morgan fingerprint density at radius 1 is 1.19 bits per heavy atom. The molecule has 1 aliphatic rings. The van der Waals surface area contributed by atoms with Crippen molar-refractivity contribution in [2.24, 2.45) is 5.92 Å². The summed E-state index contributed by atoms with van der Waals surface area (Å²) in [5, 5.41) is 3.48. The van der Waals surface area contributed by atoms with Gasteiger partial charge in [0.2, 0.25) is 5.91 Å². The smallest absolute Gasteiger partial charge is 0.252 e. The van der Waals surface area contributed by atoms with Crippen LogP contribution in [-0.4, -0.2) is 31.7 Å². The van der Waals surface area contributed by atoms with Gasteiger partial charge in [-0.05, 0) is 48.6 Å². The van der Waals surface area contributed by atoms with E-state index in [1.54, 1.807) is 28.6 Å². The lowest BCUT2D eigenvalue weighted by molar-refractivity contribution is -0.120. The molecule has 2 aromatic rings. The lowest BCUT2D eigenvalue weighted by Crippen LogP contribution is -2.37. The minimum atomic E-state index is -3.43. The number of hydrogen-bond acceptors (Lipinski definition) is 4. The zero-order chi connectivity index (χ0) is 19.4. The summed E-state index contributed by atoms with van der Waals surface area (Å²) < 4.78 is 27.4. The molecule has 1 fully saturated rings. The Morgan fingerprint density at radius 3 is 2.52 bits per heavy atom. The highest BCUT2D eigenvalue weighted by atomic mass is 35.5. The first-order chi connectivity index (χ1) is 12.8. The van der Waals surface area contributed by atoms with Crippen LogP contribution in [0.25, 0.3) is 0 Å². The fourth-order valence-electron chi connectivity index (χ4n) is 2.98.